The lowest BCUT2D eigenvalue weighted by atomic mass is 9.90. The van der Waals surface area contributed by atoms with Gasteiger partial charge in [-0.2, -0.15) is 0 Å². The Morgan fingerprint density at radius 1 is 0.960 bits per heavy atom. The first-order valence-electron chi connectivity index (χ1n) is 7.84. The molecule has 0 aliphatic heterocycles. The normalized spacial score (nSPS) is 13.4. The van der Waals surface area contributed by atoms with Gasteiger partial charge in [0.25, 0.3) is 11.1 Å². The molecular formula is C18H19N5O2. The molecule has 0 fully saturated rings. The maximum Gasteiger partial charge on any atom is 0.272 e. The highest BCUT2D eigenvalue weighted by Crippen LogP contribution is 2.22. The maximum atomic E-state index is 12.3. The van der Waals surface area contributed by atoms with Crippen LogP contribution in [0.4, 0.5) is 0 Å². The summed E-state index contributed by atoms with van der Waals surface area (Å²) >= 11 is 0. The average molecular weight is 337 g/mol. The molecule has 3 rings (SSSR count). The predicted octanol–water partition coefficient (Wildman–Crippen LogP) is 0.136. The summed E-state index contributed by atoms with van der Waals surface area (Å²) in [4.78, 5) is 41.1. The number of imidazole rings is 1. The molecule has 0 aliphatic carbocycles. The van der Waals surface area contributed by atoms with Crippen molar-refractivity contribution in [1.82, 2.24) is 24.9 Å². The van der Waals surface area contributed by atoms with Crippen molar-refractivity contribution in [3.8, 4) is 0 Å². The van der Waals surface area contributed by atoms with Gasteiger partial charge in [-0.3, -0.25) is 14.6 Å². The van der Waals surface area contributed by atoms with Crippen LogP contribution in [0.15, 0.2) is 40.4 Å². The monoisotopic (exact) mass is 337 g/mol. The van der Waals surface area contributed by atoms with E-state index >= 15 is 0 Å². The first-order chi connectivity index (χ1) is 11.8. The second kappa shape index (κ2) is 6.35. The number of aromatic amines is 3. The van der Waals surface area contributed by atoms with Crippen molar-refractivity contribution in [2.45, 2.75) is 26.2 Å². The number of H-pyrrole nitrogens is 3. The summed E-state index contributed by atoms with van der Waals surface area (Å²) in [5.74, 6) is 0. The molecular weight excluding hydrogens is 318 g/mol. The molecule has 7 heteroatoms. The standard InChI is InChI=1S/C18H19N5O2/c1-18(2,3)15-12(20-10-21-15)9-14-17(25)22-13(16(24)23-14)8-11-4-6-19-7-5-11/h4-10H,1-3H3,(H,20,21)(H,22,25)(H,23,24)/b13-8-,14-9-. The number of rotatable bonds is 2. The van der Waals surface area contributed by atoms with Crippen molar-refractivity contribution in [2.24, 2.45) is 0 Å². The van der Waals surface area contributed by atoms with E-state index in [4.69, 9.17) is 0 Å². The Bertz CT molecular complexity index is 1110. The molecule has 3 N–H and O–H groups in total. The SMILES string of the molecule is CC(C)(C)c1[nH]cnc1/C=c1\[nH]c(=O)/c(=C/c2ccncc2)[nH]c1=O. The van der Waals surface area contributed by atoms with Crippen LogP contribution in [0.1, 0.15) is 37.7 Å². The quantitative estimate of drug-likeness (QED) is 0.618. The first-order valence-corrected chi connectivity index (χ1v) is 7.84. The van der Waals surface area contributed by atoms with Gasteiger partial charge in [-0.05, 0) is 29.8 Å². The topological polar surface area (TPSA) is 107 Å². The van der Waals surface area contributed by atoms with E-state index in [0.29, 0.717) is 5.69 Å². The van der Waals surface area contributed by atoms with Gasteiger partial charge in [0, 0.05) is 23.5 Å². The van der Waals surface area contributed by atoms with Crippen molar-refractivity contribution < 1.29 is 0 Å². The minimum atomic E-state index is -0.386. The number of nitrogens with one attached hydrogen (secondary N) is 3. The average Bonchev–Trinajstić information content (AvgIpc) is 3.02. The molecule has 3 aromatic rings. The minimum Gasteiger partial charge on any atom is -0.348 e. The highest BCUT2D eigenvalue weighted by Gasteiger charge is 2.19. The fourth-order valence-corrected chi connectivity index (χ4v) is 2.47. The summed E-state index contributed by atoms with van der Waals surface area (Å²) < 4.78 is 0. The summed E-state index contributed by atoms with van der Waals surface area (Å²) in [6.45, 7) is 6.12. The van der Waals surface area contributed by atoms with Gasteiger partial charge in [0.1, 0.15) is 10.7 Å². The minimum absolute atomic E-state index is 0.162. The Morgan fingerprint density at radius 3 is 2.16 bits per heavy atom. The molecule has 0 bridgehead atoms. The third kappa shape index (κ3) is 3.65. The number of nitrogens with zero attached hydrogens (tertiary/aromatic N) is 2. The van der Waals surface area contributed by atoms with E-state index in [-0.39, 0.29) is 27.2 Å². The molecule has 7 nitrogen and oxygen atoms in total. The summed E-state index contributed by atoms with van der Waals surface area (Å²) in [6, 6.07) is 3.49. The highest BCUT2D eigenvalue weighted by molar-refractivity contribution is 5.49. The van der Waals surface area contributed by atoms with Crippen molar-refractivity contribution >= 4 is 12.2 Å². The lowest BCUT2D eigenvalue weighted by molar-refractivity contribution is 0.571. The fourth-order valence-electron chi connectivity index (χ4n) is 2.47. The van der Waals surface area contributed by atoms with Crippen LogP contribution in [0.3, 0.4) is 0 Å². The molecule has 0 radical (unpaired) electrons. The second-order valence-electron chi connectivity index (χ2n) is 6.72. The Balaban J connectivity index is 2.14. The van der Waals surface area contributed by atoms with Crippen LogP contribution in [-0.2, 0) is 5.41 Å². The van der Waals surface area contributed by atoms with E-state index in [1.54, 1.807) is 43.0 Å². The van der Waals surface area contributed by atoms with E-state index in [2.05, 4.69) is 24.9 Å². The molecule has 0 amide bonds. The second-order valence-corrected chi connectivity index (χ2v) is 6.72. The number of hydrogen-bond donors (Lipinski definition) is 3. The van der Waals surface area contributed by atoms with E-state index in [1.807, 2.05) is 20.8 Å². The fraction of sp³-hybridized carbons (Fsp3) is 0.222. The van der Waals surface area contributed by atoms with Crippen LogP contribution in [0.5, 0.6) is 0 Å². The Hall–Kier alpha value is -3.22. The van der Waals surface area contributed by atoms with Crippen LogP contribution in [-0.4, -0.2) is 24.9 Å². The van der Waals surface area contributed by atoms with Crippen molar-refractivity contribution in [3.05, 3.63) is 79.2 Å². The molecule has 3 heterocycles. The lowest BCUT2D eigenvalue weighted by Crippen LogP contribution is -2.46. The first kappa shape index (κ1) is 16.6. The zero-order valence-corrected chi connectivity index (χ0v) is 14.3. The van der Waals surface area contributed by atoms with E-state index in [0.717, 1.165) is 11.3 Å². The van der Waals surface area contributed by atoms with Crippen LogP contribution >= 0.6 is 0 Å². The van der Waals surface area contributed by atoms with Crippen LogP contribution in [0.2, 0.25) is 0 Å². The zero-order chi connectivity index (χ0) is 18.0. The number of aromatic nitrogens is 5. The third-order valence-corrected chi connectivity index (χ3v) is 3.70. The van der Waals surface area contributed by atoms with Crippen molar-refractivity contribution in [1.29, 1.82) is 0 Å². The summed E-state index contributed by atoms with van der Waals surface area (Å²) in [6.07, 6.45) is 7.98. The zero-order valence-electron chi connectivity index (χ0n) is 14.3. The Morgan fingerprint density at radius 2 is 1.56 bits per heavy atom. The summed E-state index contributed by atoms with van der Waals surface area (Å²) in [7, 11) is 0. The van der Waals surface area contributed by atoms with Gasteiger partial charge in [0.15, 0.2) is 0 Å². The summed E-state index contributed by atoms with van der Waals surface area (Å²) in [5.41, 5.74) is 1.36. The van der Waals surface area contributed by atoms with Gasteiger partial charge in [0.05, 0.1) is 12.0 Å². The largest absolute Gasteiger partial charge is 0.348 e. The summed E-state index contributed by atoms with van der Waals surface area (Å²) in [5, 5.41) is 0.348. The number of pyridine rings is 1. The molecule has 0 aliphatic rings. The maximum absolute atomic E-state index is 12.3. The molecule has 128 valence electrons. The molecule has 0 spiro atoms. The van der Waals surface area contributed by atoms with Crippen LogP contribution in [0, 0.1) is 0 Å². The van der Waals surface area contributed by atoms with Gasteiger partial charge in [0.2, 0.25) is 0 Å². The van der Waals surface area contributed by atoms with E-state index in [1.165, 1.54) is 0 Å². The van der Waals surface area contributed by atoms with E-state index in [9.17, 15) is 9.59 Å². The van der Waals surface area contributed by atoms with Gasteiger partial charge < -0.3 is 15.0 Å². The molecule has 0 aromatic carbocycles. The van der Waals surface area contributed by atoms with Crippen LogP contribution < -0.4 is 21.8 Å². The smallest absolute Gasteiger partial charge is 0.272 e. The number of hydrogen-bond acceptors (Lipinski definition) is 4. The van der Waals surface area contributed by atoms with Gasteiger partial charge in [-0.1, -0.05) is 20.8 Å². The molecule has 0 saturated heterocycles. The Labute approximate surface area is 143 Å². The highest BCUT2D eigenvalue weighted by atomic mass is 16.1. The molecule has 0 atom stereocenters. The van der Waals surface area contributed by atoms with Gasteiger partial charge >= 0.3 is 0 Å². The van der Waals surface area contributed by atoms with Crippen molar-refractivity contribution in [3.63, 3.8) is 0 Å². The van der Waals surface area contributed by atoms with Gasteiger partial charge in [-0.15, -0.1) is 0 Å². The van der Waals surface area contributed by atoms with Gasteiger partial charge in [-0.25, -0.2) is 4.98 Å². The van der Waals surface area contributed by atoms with E-state index < -0.39 is 0 Å². The molecule has 0 saturated carbocycles. The van der Waals surface area contributed by atoms with Crippen molar-refractivity contribution in [2.75, 3.05) is 0 Å². The Kier molecular flexibility index (Phi) is 4.22. The third-order valence-electron chi connectivity index (χ3n) is 3.70. The predicted molar refractivity (Wildman–Crippen MR) is 95.6 cm³/mol. The molecule has 25 heavy (non-hydrogen) atoms. The molecule has 3 aromatic heterocycles. The lowest BCUT2D eigenvalue weighted by Gasteiger charge is -2.16. The molecule has 0 unspecified atom stereocenters. The van der Waals surface area contributed by atoms with Crippen LogP contribution in [0.25, 0.3) is 12.2 Å².